The second kappa shape index (κ2) is 16.4. The summed E-state index contributed by atoms with van der Waals surface area (Å²) in [5.41, 5.74) is 6.92. The minimum Gasteiger partial charge on any atom is -0.384 e. The molecule has 3 rings (SSSR count). The number of aromatic nitrogens is 3. The summed E-state index contributed by atoms with van der Waals surface area (Å²) in [6, 6.07) is 4.26. The average Bonchev–Trinajstić information content (AvgIpc) is 3.39. The first-order chi connectivity index (χ1) is 19.5. The zero-order valence-corrected chi connectivity index (χ0v) is 23.9. The molecule has 0 spiro atoms. The highest BCUT2D eigenvalue weighted by atomic mass is 19.4. The third kappa shape index (κ3) is 11.2. The van der Waals surface area contributed by atoms with Crippen molar-refractivity contribution in [1.82, 2.24) is 19.7 Å². The van der Waals surface area contributed by atoms with Gasteiger partial charge in [-0.05, 0) is 48.8 Å². The number of hydrogen-bond acceptors (Lipinski definition) is 7. The standard InChI is InChI=1S/C16H15F3N4.C13H23N3O2/c1-11(2)6-7-15(20-3)23-14(16(17,18)19)9-13(22-23)12-5-4-8-21-10-12;1-11(2)12(10-17)9-13(14)15-3-4-16-5-7-18-8-6-16/h4-10H,1H2,2-3H3;9-11H,3-8H2,1-2H3,(H2,14,15)/b7-6-,20-15?;12-9-. The van der Waals surface area contributed by atoms with Gasteiger partial charge < -0.3 is 10.5 Å². The molecule has 3 heterocycles. The van der Waals surface area contributed by atoms with E-state index in [2.05, 4.69) is 31.5 Å². The highest BCUT2D eigenvalue weighted by molar-refractivity contribution is 5.96. The van der Waals surface area contributed by atoms with Crippen LogP contribution >= 0.6 is 0 Å². The van der Waals surface area contributed by atoms with Crippen molar-refractivity contribution in [2.75, 3.05) is 46.4 Å². The Labute approximate surface area is 239 Å². The molecule has 0 aliphatic carbocycles. The second-order valence-electron chi connectivity index (χ2n) is 9.51. The summed E-state index contributed by atoms with van der Waals surface area (Å²) in [6.45, 7) is 14.4. The lowest BCUT2D eigenvalue weighted by molar-refractivity contribution is -0.142. The number of aldehydes is 1. The summed E-state index contributed by atoms with van der Waals surface area (Å²) in [5, 5.41) is 4.04. The summed E-state index contributed by atoms with van der Waals surface area (Å²) < 4.78 is 45.9. The molecule has 41 heavy (non-hydrogen) atoms. The van der Waals surface area contributed by atoms with Crippen LogP contribution < -0.4 is 5.73 Å². The SMILES string of the molecule is C=C(C)/C=C\C(=NC)n1nc(-c2cccnc2)cc1C(F)(F)F.CC(C)/C(C=O)=C\C(N)=NCCN1CCOCC1. The molecule has 1 aliphatic heterocycles. The lowest BCUT2D eigenvalue weighted by atomic mass is 10.0. The molecule has 0 atom stereocenters. The Hall–Kier alpha value is -3.90. The van der Waals surface area contributed by atoms with Crippen LogP contribution in [0.25, 0.3) is 11.3 Å². The average molecular weight is 574 g/mol. The molecular formula is C29H38F3N7O2. The topological polar surface area (TPSA) is 111 Å². The van der Waals surface area contributed by atoms with E-state index >= 15 is 0 Å². The minimum atomic E-state index is -4.56. The lowest BCUT2D eigenvalue weighted by Gasteiger charge is -2.25. The number of ether oxygens (including phenoxy) is 1. The van der Waals surface area contributed by atoms with Gasteiger partial charge in [0.05, 0.1) is 25.5 Å². The van der Waals surface area contributed by atoms with E-state index in [0.29, 0.717) is 29.1 Å². The van der Waals surface area contributed by atoms with Gasteiger partial charge in [0.1, 0.15) is 18.0 Å². The zero-order valence-electron chi connectivity index (χ0n) is 23.9. The maximum absolute atomic E-state index is 13.3. The van der Waals surface area contributed by atoms with Crippen LogP contribution in [0.3, 0.4) is 0 Å². The number of halogens is 3. The first-order valence-electron chi connectivity index (χ1n) is 13.1. The monoisotopic (exact) mass is 573 g/mol. The number of aliphatic imine (C=N–C) groups is 2. The van der Waals surface area contributed by atoms with Gasteiger partial charge >= 0.3 is 6.18 Å². The molecule has 12 heteroatoms. The molecular weight excluding hydrogens is 535 g/mol. The number of allylic oxidation sites excluding steroid dienone is 4. The lowest BCUT2D eigenvalue weighted by Crippen LogP contribution is -2.37. The van der Waals surface area contributed by atoms with E-state index in [4.69, 9.17) is 10.5 Å². The van der Waals surface area contributed by atoms with E-state index in [0.717, 1.165) is 49.9 Å². The second-order valence-corrected chi connectivity index (χ2v) is 9.51. The predicted molar refractivity (Wildman–Crippen MR) is 156 cm³/mol. The van der Waals surface area contributed by atoms with Gasteiger partial charge in [0, 0.05) is 44.6 Å². The van der Waals surface area contributed by atoms with E-state index < -0.39 is 11.9 Å². The van der Waals surface area contributed by atoms with Crippen molar-refractivity contribution in [2.45, 2.75) is 26.9 Å². The van der Waals surface area contributed by atoms with Crippen LogP contribution in [-0.2, 0) is 15.7 Å². The number of carbonyl (C=O) groups excluding carboxylic acids is 1. The van der Waals surface area contributed by atoms with Crippen LogP contribution in [0.15, 0.2) is 76.5 Å². The molecule has 9 nitrogen and oxygen atoms in total. The van der Waals surface area contributed by atoms with Crippen molar-refractivity contribution in [1.29, 1.82) is 0 Å². The number of nitrogens with two attached hydrogens (primary N) is 1. The van der Waals surface area contributed by atoms with E-state index in [9.17, 15) is 18.0 Å². The fourth-order valence-corrected chi connectivity index (χ4v) is 3.57. The van der Waals surface area contributed by atoms with Crippen molar-refractivity contribution in [3.63, 3.8) is 0 Å². The van der Waals surface area contributed by atoms with Crippen LogP contribution in [0, 0.1) is 5.92 Å². The summed E-state index contributed by atoms with van der Waals surface area (Å²) in [6.07, 6.45) is 3.97. The molecule has 2 aromatic rings. The summed E-state index contributed by atoms with van der Waals surface area (Å²) in [7, 11) is 1.41. The molecule has 0 radical (unpaired) electrons. The molecule has 2 N–H and O–H groups in total. The first-order valence-corrected chi connectivity index (χ1v) is 13.1. The third-order valence-corrected chi connectivity index (χ3v) is 5.85. The maximum Gasteiger partial charge on any atom is 0.433 e. The number of rotatable bonds is 9. The normalized spacial score (nSPS) is 15.7. The largest absolute Gasteiger partial charge is 0.433 e. The van der Waals surface area contributed by atoms with Crippen molar-refractivity contribution < 1.29 is 22.7 Å². The van der Waals surface area contributed by atoms with Crippen molar-refractivity contribution >= 4 is 18.0 Å². The van der Waals surface area contributed by atoms with Gasteiger partial charge in [-0.3, -0.25) is 24.7 Å². The van der Waals surface area contributed by atoms with E-state index in [1.165, 1.54) is 19.3 Å². The Morgan fingerprint density at radius 3 is 2.51 bits per heavy atom. The highest BCUT2D eigenvalue weighted by Crippen LogP contribution is 2.32. The Morgan fingerprint density at radius 1 is 1.27 bits per heavy atom. The molecule has 2 aromatic heterocycles. The molecule has 0 saturated carbocycles. The summed E-state index contributed by atoms with van der Waals surface area (Å²) in [4.78, 5) is 25.2. The van der Waals surface area contributed by atoms with Crippen molar-refractivity contribution in [3.05, 3.63) is 72.2 Å². The van der Waals surface area contributed by atoms with Gasteiger partial charge in [-0.15, -0.1) is 0 Å². The summed E-state index contributed by atoms with van der Waals surface area (Å²) in [5.74, 6) is 0.671. The van der Waals surface area contributed by atoms with Crippen LogP contribution in [0.1, 0.15) is 26.5 Å². The zero-order chi connectivity index (χ0) is 30.4. The highest BCUT2D eigenvalue weighted by Gasteiger charge is 2.37. The fourth-order valence-electron chi connectivity index (χ4n) is 3.57. The molecule has 0 bridgehead atoms. The Morgan fingerprint density at radius 2 is 1.98 bits per heavy atom. The van der Waals surface area contributed by atoms with Gasteiger partial charge in [0.15, 0.2) is 5.69 Å². The van der Waals surface area contributed by atoms with Crippen molar-refractivity contribution in [3.8, 4) is 11.3 Å². The Kier molecular flexibility index (Phi) is 13.3. The number of alkyl halides is 3. The van der Waals surface area contributed by atoms with Gasteiger partial charge in [0.2, 0.25) is 0 Å². The first kappa shape index (κ1) is 33.3. The van der Waals surface area contributed by atoms with Crippen LogP contribution in [-0.4, -0.2) is 84.1 Å². The van der Waals surface area contributed by atoms with Gasteiger partial charge in [0.25, 0.3) is 0 Å². The predicted octanol–water partition coefficient (Wildman–Crippen LogP) is 4.43. The third-order valence-electron chi connectivity index (χ3n) is 5.85. The quantitative estimate of drug-likeness (QED) is 0.156. The molecule has 0 amide bonds. The molecule has 1 fully saturated rings. The number of amidine groups is 1. The Balaban J connectivity index is 0.000000296. The van der Waals surface area contributed by atoms with E-state index in [1.54, 1.807) is 37.4 Å². The molecule has 1 aliphatic rings. The number of nitrogens with zero attached hydrogens (tertiary/aromatic N) is 6. The van der Waals surface area contributed by atoms with Crippen LogP contribution in [0.4, 0.5) is 13.2 Å². The van der Waals surface area contributed by atoms with Crippen molar-refractivity contribution in [2.24, 2.45) is 21.6 Å². The Bertz CT molecular complexity index is 1260. The number of pyridine rings is 1. The van der Waals surface area contributed by atoms with E-state index in [-0.39, 0.29) is 17.4 Å². The van der Waals surface area contributed by atoms with Crippen LogP contribution in [0.5, 0.6) is 0 Å². The van der Waals surface area contributed by atoms with Crippen LogP contribution in [0.2, 0.25) is 0 Å². The fraction of sp³-hybridized carbons (Fsp3) is 0.414. The van der Waals surface area contributed by atoms with Gasteiger partial charge in [-0.2, -0.15) is 18.3 Å². The summed E-state index contributed by atoms with van der Waals surface area (Å²) >= 11 is 0. The molecule has 1 saturated heterocycles. The number of carbonyl (C=O) groups is 1. The molecule has 0 unspecified atom stereocenters. The molecule has 222 valence electrons. The smallest absolute Gasteiger partial charge is 0.384 e. The van der Waals surface area contributed by atoms with E-state index in [1.807, 2.05) is 13.8 Å². The van der Waals surface area contributed by atoms with Gasteiger partial charge in [-0.25, -0.2) is 4.68 Å². The maximum atomic E-state index is 13.3. The molecule has 0 aromatic carbocycles. The minimum absolute atomic E-state index is 0.0652. The number of hydrogen-bond donors (Lipinski definition) is 1. The number of morpholine rings is 1. The van der Waals surface area contributed by atoms with Gasteiger partial charge in [-0.1, -0.05) is 32.1 Å².